The third-order valence-corrected chi connectivity index (χ3v) is 3.58. The van der Waals surface area contributed by atoms with Crippen LogP contribution in [0.15, 0.2) is 30.6 Å². The summed E-state index contributed by atoms with van der Waals surface area (Å²) in [6, 6.07) is 7.75. The van der Waals surface area contributed by atoms with E-state index in [9.17, 15) is 4.79 Å². The van der Waals surface area contributed by atoms with Crippen LogP contribution in [0.2, 0.25) is 0 Å². The molecule has 1 unspecified atom stereocenters. The largest absolute Gasteiger partial charge is 0.354 e. The summed E-state index contributed by atoms with van der Waals surface area (Å²) >= 11 is 0. The van der Waals surface area contributed by atoms with Gasteiger partial charge in [-0.1, -0.05) is 29.8 Å². The van der Waals surface area contributed by atoms with Gasteiger partial charge < -0.3 is 9.88 Å². The van der Waals surface area contributed by atoms with Crippen LogP contribution in [-0.2, 0) is 18.3 Å². The van der Waals surface area contributed by atoms with E-state index in [1.807, 2.05) is 61.8 Å². The lowest BCUT2D eigenvalue weighted by Gasteiger charge is -2.24. The Hall–Kier alpha value is -2.21. The topological polar surface area (TPSA) is 63.1 Å². The van der Waals surface area contributed by atoms with Crippen molar-refractivity contribution in [2.24, 2.45) is 7.05 Å². The second-order valence-electron chi connectivity index (χ2n) is 5.68. The fraction of sp³-hybridized carbons (Fsp3) is 0.438. The van der Waals surface area contributed by atoms with Gasteiger partial charge in [0.05, 0.1) is 0 Å². The van der Waals surface area contributed by atoms with Gasteiger partial charge in [-0.3, -0.25) is 9.69 Å². The van der Waals surface area contributed by atoms with Crippen LogP contribution in [0, 0.1) is 6.92 Å². The van der Waals surface area contributed by atoms with E-state index >= 15 is 0 Å². The summed E-state index contributed by atoms with van der Waals surface area (Å²) in [5.74, 6) is 0.857. The number of hydrogen-bond acceptors (Lipinski definition) is 4. The molecule has 0 saturated carbocycles. The van der Waals surface area contributed by atoms with Gasteiger partial charge in [-0.15, -0.1) is 10.2 Å². The second kappa shape index (κ2) is 7.17. The third kappa shape index (κ3) is 3.92. The summed E-state index contributed by atoms with van der Waals surface area (Å²) < 4.78 is 1.86. The zero-order chi connectivity index (χ0) is 16.1. The molecule has 2 rings (SSSR count). The van der Waals surface area contributed by atoms with E-state index in [1.54, 1.807) is 6.33 Å². The highest BCUT2D eigenvalue weighted by molar-refractivity contribution is 5.83. The van der Waals surface area contributed by atoms with Crippen molar-refractivity contribution >= 4 is 5.91 Å². The molecule has 0 spiro atoms. The Labute approximate surface area is 131 Å². The number of nitrogens with zero attached hydrogens (tertiary/aromatic N) is 4. The number of likely N-dealkylation sites (N-methyl/N-ethyl adjacent to an activating group) is 1. The summed E-state index contributed by atoms with van der Waals surface area (Å²) in [4.78, 5) is 14.4. The molecule has 0 fully saturated rings. The summed E-state index contributed by atoms with van der Waals surface area (Å²) in [6.07, 6.45) is 2.32. The van der Waals surface area contributed by atoms with Crippen LogP contribution >= 0.6 is 0 Å². The summed E-state index contributed by atoms with van der Waals surface area (Å²) in [6.45, 7) is 2.57. The number of benzene rings is 1. The predicted octanol–water partition coefficient (Wildman–Crippen LogP) is 1.09. The third-order valence-electron chi connectivity index (χ3n) is 3.58. The SMILES string of the molecule is Cc1cccc(C(C(=O)NCCc2nncn2C)N(C)C)c1. The van der Waals surface area contributed by atoms with Crippen molar-refractivity contribution in [2.45, 2.75) is 19.4 Å². The van der Waals surface area contributed by atoms with Crippen LogP contribution in [0.25, 0.3) is 0 Å². The molecule has 1 aromatic heterocycles. The van der Waals surface area contributed by atoms with Crippen LogP contribution in [0.4, 0.5) is 0 Å². The molecule has 1 amide bonds. The lowest BCUT2D eigenvalue weighted by atomic mass is 10.0. The zero-order valence-corrected chi connectivity index (χ0v) is 13.6. The Morgan fingerprint density at radius 2 is 2.18 bits per heavy atom. The summed E-state index contributed by atoms with van der Waals surface area (Å²) in [5, 5.41) is 10.8. The quantitative estimate of drug-likeness (QED) is 0.867. The first-order valence-electron chi connectivity index (χ1n) is 7.32. The summed E-state index contributed by atoms with van der Waals surface area (Å²) in [7, 11) is 5.72. The Balaban J connectivity index is 2.00. The van der Waals surface area contributed by atoms with Crippen molar-refractivity contribution in [3.63, 3.8) is 0 Å². The molecule has 1 atom stereocenters. The number of aromatic nitrogens is 3. The first-order chi connectivity index (χ1) is 10.5. The molecule has 0 aliphatic heterocycles. The Morgan fingerprint density at radius 1 is 1.41 bits per heavy atom. The fourth-order valence-corrected chi connectivity index (χ4v) is 2.45. The number of carbonyl (C=O) groups excluding carboxylic acids is 1. The van der Waals surface area contributed by atoms with Crippen molar-refractivity contribution in [1.82, 2.24) is 25.0 Å². The zero-order valence-electron chi connectivity index (χ0n) is 13.6. The first kappa shape index (κ1) is 16.2. The molecule has 0 radical (unpaired) electrons. The maximum Gasteiger partial charge on any atom is 0.241 e. The molecule has 118 valence electrons. The molecule has 6 heteroatoms. The molecule has 22 heavy (non-hydrogen) atoms. The van der Waals surface area contributed by atoms with Crippen molar-refractivity contribution in [3.05, 3.63) is 47.5 Å². The van der Waals surface area contributed by atoms with Crippen molar-refractivity contribution in [2.75, 3.05) is 20.6 Å². The number of aryl methyl sites for hydroxylation is 2. The number of carbonyl (C=O) groups is 1. The van der Waals surface area contributed by atoms with Crippen LogP contribution in [-0.4, -0.2) is 46.2 Å². The van der Waals surface area contributed by atoms with E-state index in [0.29, 0.717) is 13.0 Å². The number of amides is 1. The molecule has 1 aromatic carbocycles. The minimum absolute atomic E-state index is 0.00207. The van der Waals surface area contributed by atoms with E-state index in [-0.39, 0.29) is 11.9 Å². The van der Waals surface area contributed by atoms with E-state index < -0.39 is 0 Å². The lowest BCUT2D eigenvalue weighted by Crippen LogP contribution is -2.38. The Morgan fingerprint density at radius 3 is 2.77 bits per heavy atom. The average Bonchev–Trinajstić information content (AvgIpc) is 2.84. The van der Waals surface area contributed by atoms with Crippen LogP contribution in [0.1, 0.15) is 23.0 Å². The van der Waals surface area contributed by atoms with Crippen LogP contribution in [0.5, 0.6) is 0 Å². The second-order valence-corrected chi connectivity index (χ2v) is 5.68. The van der Waals surface area contributed by atoms with Crippen LogP contribution < -0.4 is 5.32 Å². The van der Waals surface area contributed by atoms with E-state index in [0.717, 1.165) is 17.0 Å². The molecule has 6 nitrogen and oxygen atoms in total. The Bertz CT molecular complexity index is 635. The van der Waals surface area contributed by atoms with Gasteiger partial charge in [0.25, 0.3) is 0 Å². The lowest BCUT2D eigenvalue weighted by molar-refractivity contribution is -0.125. The number of hydrogen-bond donors (Lipinski definition) is 1. The van der Waals surface area contributed by atoms with Gasteiger partial charge >= 0.3 is 0 Å². The molecule has 0 saturated heterocycles. The number of nitrogens with one attached hydrogen (secondary N) is 1. The normalized spacial score (nSPS) is 12.4. The molecular weight excluding hydrogens is 278 g/mol. The molecule has 1 N–H and O–H groups in total. The van der Waals surface area contributed by atoms with Gasteiger partial charge in [0.15, 0.2) is 0 Å². The van der Waals surface area contributed by atoms with Crippen LogP contribution in [0.3, 0.4) is 0 Å². The smallest absolute Gasteiger partial charge is 0.241 e. The van der Waals surface area contributed by atoms with Gasteiger partial charge in [0, 0.05) is 20.0 Å². The van der Waals surface area contributed by atoms with Crippen molar-refractivity contribution < 1.29 is 4.79 Å². The Kier molecular flexibility index (Phi) is 5.27. The predicted molar refractivity (Wildman–Crippen MR) is 85.3 cm³/mol. The van der Waals surface area contributed by atoms with E-state index in [2.05, 4.69) is 15.5 Å². The molecule has 0 aliphatic rings. The summed E-state index contributed by atoms with van der Waals surface area (Å²) in [5.41, 5.74) is 2.15. The van der Waals surface area contributed by atoms with Gasteiger partial charge in [-0.2, -0.15) is 0 Å². The van der Waals surface area contributed by atoms with E-state index in [1.165, 1.54) is 0 Å². The van der Waals surface area contributed by atoms with Gasteiger partial charge in [-0.05, 0) is 26.6 Å². The molecule has 0 bridgehead atoms. The van der Waals surface area contributed by atoms with Crippen molar-refractivity contribution in [1.29, 1.82) is 0 Å². The van der Waals surface area contributed by atoms with Gasteiger partial charge in [0.2, 0.25) is 5.91 Å². The minimum atomic E-state index is -0.292. The van der Waals surface area contributed by atoms with E-state index in [4.69, 9.17) is 0 Å². The van der Waals surface area contributed by atoms with Crippen molar-refractivity contribution in [3.8, 4) is 0 Å². The fourth-order valence-electron chi connectivity index (χ4n) is 2.45. The highest BCUT2D eigenvalue weighted by atomic mass is 16.2. The molecular formula is C16H23N5O. The first-order valence-corrected chi connectivity index (χ1v) is 7.32. The molecule has 2 aromatic rings. The highest BCUT2D eigenvalue weighted by Crippen LogP contribution is 2.19. The van der Waals surface area contributed by atoms with Gasteiger partial charge in [0.1, 0.15) is 18.2 Å². The monoisotopic (exact) mass is 301 g/mol. The average molecular weight is 301 g/mol. The maximum absolute atomic E-state index is 12.5. The minimum Gasteiger partial charge on any atom is -0.354 e. The molecule has 1 heterocycles. The van der Waals surface area contributed by atoms with Gasteiger partial charge in [-0.25, -0.2) is 0 Å². The number of rotatable bonds is 6. The standard InChI is InChI=1S/C16H23N5O/c1-12-6-5-7-13(10-12)15(20(2)3)16(22)17-9-8-14-19-18-11-21(14)4/h5-7,10-11,15H,8-9H2,1-4H3,(H,17,22). The maximum atomic E-state index is 12.5. The molecule has 0 aliphatic carbocycles. The highest BCUT2D eigenvalue weighted by Gasteiger charge is 2.22.